The summed E-state index contributed by atoms with van der Waals surface area (Å²) in [5.74, 6) is 2.68. The van der Waals surface area contributed by atoms with Crippen LogP contribution in [0.3, 0.4) is 0 Å². The molecule has 0 aliphatic heterocycles. The summed E-state index contributed by atoms with van der Waals surface area (Å²) < 4.78 is 0. The zero-order chi connectivity index (χ0) is 13.7. The van der Waals surface area contributed by atoms with Crippen molar-refractivity contribution in [3.8, 4) is 0 Å². The molecule has 3 atom stereocenters. The van der Waals surface area contributed by atoms with Gasteiger partial charge in [-0.2, -0.15) is 0 Å². The molecular weight excluding hydrogens is 250 g/mol. The van der Waals surface area contributed by atoms with Gasteiger partial charge in [-0.3, -0.25) is 0 Å². The van der Waals surface area contributed by atoms with E-state index in [0.717, 1.165) is 30.3 Å². The third-order valence-electron chi connectivity index (χ3n) is 4.77. The lowest BCUT2D eigenvalue weighted by Gasteiger charge is -2.38. The second-order valence-electron chi connectivity index (χ2n) is 6.36. The number of thiophene rings is 1. The van der Waals surface area contributed by atoms with Gasteiger partial charge in [0.15, 0.2) is 0 Å². The van der Waals surface area contributed by atoms with Gasteiger partial charge in [-0.15, -0.1) is 11.3 Å². The zero-order valence-corrected chi connectivity index (χ0v) is 13.5. The van der Waals surface area contributed by atoms with Crippen molar-refractivity contribution in [2.45, 2.75) is 58.9 Å². The van der Waals surface area contributed by atoms with Gasteiger partial charge in [0.2, 0.25) is 0 Å². The monoisotopic (exact) mass is 279 g/mol. The van der Waals surface area contributed by atoms with Crippen LogP contribution in [-0.4, -0.2) is 12.6 Å². The van der Waals surface area contributed by atoms with Crippen LogP contribution in [0.4, 0.5) is 0 Å². The number of hydrogen-bond acceptors (Lipinski definition) is 2. The van der Waals surface area contributed by atoms with E-state index in [-0.39, 0.29) is 0 Å². The highest BCUT2D eigenvalue weighted by atomic mass is 32.1. The van der Waals surface area contributed by atoms with E-state index in [4.69, 9.17) is 0 Å². The molecule has 108 valence electrons. The molecule has 0 amide bonds. The van der Waals surface area contributed by atoms with Gasteiger partial charge in [-0.05, 0) is 67.8 Å². The van der Waals surface area contributed by atoms with Crippen LogP contribution in [0.1, 0.15) is 51.3 Å². The van der Waals surface area contributed by atoms with Crippen LogP contribution in [0.25, 0.3) is 0 Å². The van der Waals surface area contributed by atoms with E-state index in [1.807, 2.05) is 11.3 Å². The van der Waals surface area contributed by atoms with Crippen molar-refractivity contribution >= 4 is 11.3 Å². The molecule has 1 fully saturated rings. The summed E-state index contributed by atoms with van der Waals surface area (Å²) in [7, 11) is 0. The van der Waals surface area contributed by atoms with Gasteiger partial charge in [0, 0.05) is 10.9 Å². The lowest BCUT2D eigenvalue weighted by atomic mass is 9.72. The molecule has 0 aromatic carbocycles. The van der Waals surface area contributed by atoms with Crippen LogP contribution in [0, 0.1) is 17.8 Å². The van der Waals surface area contributed by atoms with Crippen LogP contribution in [0.2, 0.25) is 0 Å². The average Bonchev–Trinajstić information content (AvgIpc) is 2.90. The zero-order valence-electron chi connectivity index (χ0n) is 12.7. The first kappa shape index (κ1) is 15.1. The number of hydrogen-bond donors (Lipinski definition) is 1. The summed E-state index contributed by atoms with van der Waals surface area (Å²) in [6.45, 7) is 8.15. The summed E-state index contributed by atoms with van der Waals surface area (Å²) in [6.07, 6.45) is 6.87. The molecule has 2 heteroatoms. The fourth-order valence-corrected chi connectivity index (χ4v) is 4.26. The fourth-order valence-electron chi connectivity index (χ4n) is 3.54. The van der Waals surface area contributed by atoms with E-state index in [1.165, 1.54) is 32.1 Å². The molecule has 1 N–H and O–H groups in total. The molecule has 1 aliphatic rings. The van der Waals surface area contributed by atoms with E-state index in [1.54, 1.807) is 4.88 Å². The highest BCUT2D eigenvalue weighted by Gasteiger charge is 2.30. The van der Waals surface area contributed by atoms with Gasteiger partial charge < -0.3 is 5.32 Å². The van der Waals surface area contributed by atoms with Crippen LogP contribution in [0.5, 0.6) is 0 Å². The van der Waals surface area contributed by atoms with Gasteiger partial charge >= 0.3 is 0 Å². The number of aryl methyl sites for hydroxylation is 1. The third kappa shape index (κ3) is 4.32. The third-order valence-corrected chi connectivity index (χ3v) is 5.71. The standard InChI is InChI=1S/C17H29NS/c1-4-18-17-10-8-14(13(2)3)12-15(17)7-9-16-6-5-11-19-16/h5-6,11,13-15,17-18H,4,7-10,12H2,1-3H3. The van der Waals surface area contributed by atoms with Crippen molar-refractivity contribution in [3.05, 3.63) is 22.4 Å². The molecule has 0 bridgehead atoms. The Morgan fingerprint density at radius 1 is 1.37 bits per heavy atom. The van der Waals surface area contributed by atoms with Crippen LogP contribution >= 0.6 is 11.3 Å². The van der Waals surface area contributed by atoms with E-state index < -0.39 is 0 Å². The van der Waals surface area contributed by atoms with Gasteiger partial charge in [0.05, 0.1) is 0 Å². The summed E-state index contributed by atoms with van der Waals surface area (Å²) in [6, 6.07) is 5.23. The quantitative estimate of drug-likeness (QED) is 0.793. The molecule has 0 saturated heterocycles. The van der Waals surface area contributed by atoms with Gasteiger partial charge in [-0.1, -0.05) is 26.8 Å². The SMILES string of the molecule is CCNC1CCC(C(C)C)CC1CCc1cccs1. The average molecular weight is 279 g/mol. The van der Waals surface area contributed by atoms with E-state index in [2.05, 4.69) is 43.6 Å². The number of nitrogens with one attached hydrogen (secondary N) is 1. The summed E-state index contributed by atoms with van der Waals surface area (Å²) >= 11 is 1.91. The second-order valence-corrected chi connectivity index (χ2v) is 7.39. The smallest absolute Gasteiger partial charge is 0.00955 e. The van der Waals surface area contributed by atoms with E-state index in [0.29, 0.717) is 0 Å². The molecule has 19 heavy (non-hydrogen) atoms. The summed E-state index contributed by atoms with van der Waals surface area (Å²) in [5, 5.41) is 5.93. The molecule has 2 rings (SSSR count). The maximum absolute atomic E-state index is 3.73. The van der Waals surface area contributed by atoms with Crippen molar-refractivity contribution in [2.24, 2.45) is 17.8 Å². The predicted molar refractivity (Wildman–Crippen MR) is 85.8 cm³/mol. The predicted octanol–water partition coefficient (Wildman–Crippen LogP) is 4.73. The first-order valence-electron chi connectivity index (χ1n) is 7.96. The molecule has 1 heterocycles. The van der Waals surface area contributed by atoms with Crippen molar-refractivity contribution in [1.29, 1.82) is 0 Å². The van der Waals surface area contributed by atoms with Crippen LogP contribution in [0.15, 0.2) is 17.5 Å². The topological polar surface area (TPSA) is 12.0 Å². The highest BCUT2D eigenvalue weighted by Crippen LogP contribution is 2.36. The first-order chi connectivity index (χ1) is 9.20. The maximum atomic E-state index is 3.73. The van der Waals surface area contributed by atoms with Crippen molar-refractivity contribution < 1.29 is 0 Å². The molecule has 1 aliphatic carbocycles. The molecule has 1 aromatic rings. The fraction of sp³-hybridized carbons (Fsp3) is 0.765. The maximum Gasteiger partial charge on any atom is 0.00955 e. The van der Waals surface area contributed by atoms with Crippen molar-refractivity contribution in [1.82, 2.24) is 5.32 Å². The first-order valence-corrected chi connectivity index (χ1v) is 8.84. The minimum atomic E-state index is 0.764. The minimum absolute atomic E-state index is 0.764. The lowest BCUT2D eigenvalue weighted by molar-refractivity contribution is 0.162. The second kappa shape index (κ2) is 7.44. The largest absolute Gasteiger partial charge is 0.314 e. The molecule has 1 aromatic heterocycles. The Hall–Kier alpha value is -0.340. The van der Waals surface area contributed by atoms with Crippen LogP contribution < -0.4 is 5.32 Å². The van der Waals surface area contributed by atoms with Gasteiger partial charge in [0.1, 0.15) is 0 Å². The summed E-state index contributed by atoms with van der Waals surface area (Å²) in [5.41, 5.74) is 0. The lowest BCUT2D eigenvalue weighted by Crippen LogP contribution is -2.41. The van der Waals surface area contributed by atoms with Crippen molar-refractivity contribution in [3.63, 3.8) is 0 Å². The molecular formula is C17H29NS. The Morgan fingerprint density at radius 2 is 2.21 bits per heavy atom. The Balaban J connectivity index is 1.90. The number of rotatable bonds is 6. The Kier molecular flexibility index (Phi) is 5.90. The molecule has 3 unspecified atom stereocenters. The minimum Gasteiger partial charge on any atom is -0.314 e. The molecule has 1 saturated carbocycles. The van der Waals surface area contributed by atoms with E-state index in [9.17, 15) is 0 Å². The van der Waals surface area contributed by atoms with Crippen molar-refractivity contribution in [2.75, 3.05) is 6.54 Å². The Morgan fingerprint density at radius 3 is 2.84 bits per heavy atom. The normalized spacial score (nSPS) is 27.9. The Labute approximate surface area is 122 Å². The van der Waals surface area contributed by atoms with Gasteiger partial charge in [-0.25, -0.2) is 0 Å². The van der Waals surface area contributed by atoms with E-state index >= 15 is 0 Å². The van der Waals surface area contributed by atoms with Crippen LogP contribution in [-0.2, 0) is 6.42 Å². The highest BCUT2D eigenvalue weighted by molar-refractivity contribution is 7.09. The summed E-state index contributed by atoms with van der Waals surface area (Å²) in [4.78, 5) is 1.56. The molecule has 0 radical (unpaired) electrons. The molecule has 1 nitrogen and oxygen atoms in total. The van der Waals surface area contributed by atoms with Gasteiger partial charge in [0.25, 0.3) is 0 Å². The molecule has 0 spiro atoms. The Bertz CT molecular complexity index is 344.